The normalized spacial score (nSPS) is 18.4. The van der Waals surface area contributed by atoms with Gasteiger partial charge in [0.2, 0.25) is 0 Å². The summed E-state index contributed by atoms with van der Waals surface area (Å²) in [4.78, 5) is 0. The Kier molecular flexibility index (Phi) is 5.37. The Morgan fingerprint density at radius 3 is 2.47 bits per heavy atom. The second kappa shape index (κ2) is 7.04. The van der Waals surface area contributed by atoms with Crippen LogP contribution in [0.2, 0.25) is 0 Å². The monoisotopic (exact) mass is 263 g/mol. The zero-order chi connectivity index (χ0) is 13.6. The predicted molar refractivity (Wildman–Crippen MR) is 76.9 cm³/mol. The van der Waals surface area contributed by atoms with E-state index in [0.29, 0.717) is 6.61 Å². The van der Waals surface area contributed by atoms with Gasteiger partial charge in [0.05, 0.1) is 13.2 Å². The van der Waals surface area contributed by atoms with E-state index in [2.05, 4.69) is 23.5 Å². The van der Waals surface area contributed by atoms with Crippen LogP contribution in [0.4, 0.5) is 0 Å². The second-order valence-electron chi connectivity index (χ2n) is 5.55. The molecule has 0 aromatic heterocycles. The van der Waals surface area contributed by atoms with Crippen LogP contribution in [0.3, 0.4) is 0 Å². The molecule has 106 valence electrons. The molecule has 1 aromatic carbocycles. The lowest BCUT2D eigenvalue weighted by Gasteiger charge is -2.37. The second-order valence-corrected chi connectivity index (χ2v) is 5.55. The van der Waals surface area contributed by atoms with Crippen molar-refractivity contribution in [3.05, 3.63) is 35.4 Å². The third kappa shape index (κ3) is 3.78. The molecular weight excluding hydrogens is 238 g/mol. The molecule has 1 saturated carbocycles. The van der Waals surface area contributed by atoms with E-state index in [1.807, 2.05) is 6.07 Å². The molecule has 0 aliphatic heterocycles. The van der Waals surface area contributed by atoms with Crippen molar-refractivity contribution in [3.8, 4) is 0 Å². The lowest BCUT2D eigenvalue weighted by molar-refractivity contribution is 0.119. The molecule has 1 aliphatic carbocycles. The number of aliphatic hydroxyl groups excluding tert-OH is 1. The number of nitrogens with one attached hydrogen (secondary N) is 1. The molecule has 0 bridgehead atoms. The van der Waals surface area contributed by atoms with Gasteiger partial charge in [-0.05, 0) is 24.0 Å². The molecule has 0 atom stereocenters. The quantitative estimate of drug-likeness (QED) is 0.829. The van der Waals surface area contributed by atoms with Crippen LogP contribution in [0, 0.1) is 0 Å². The maximum Gasteiger partial charge on any atom is 0.0716 e. The molecule has 1 fully saturated rings. The molecule has 0 amide bonds. The Labute approximate surface area is 116 Å². The maximum atomic E-state index is 9.71. The molecule has 0 unspecified atom stereocenters. The molecule has 2 N–H and O–H groups in total. The highest BCUT2D eigenvalue weighted by molar-refractivity contribution is 5.26. The number of methoxy groups -OCH3 is 1. The maximum absolute atomic E-state index is 9.71. The average molecular weight is 263 g/mol. The molecule has 0 heterocycles. The number of rotatable bonds is 6. The minimum atomic E-state index is -0.0710. The molecule has 0 spiro atoms. The first-order valence-electron chi connectivity index (χ1n) is 7.21. The van der Waals surface area contributed by atoms with E-state index in [9.17, 15) is 5.11 Å². The van der Waals surface area contributed by atoms with Gasteiger partial charge >= 0.3 is 0 Å². The van der Waals surface area contributed by atoms with Crippen LogP contribution >= 0.6 is 0 Å². The molecule has 19 heavy (non-hydrogen) atoms. The molecule has 1 aromatic rings. The average Bonchev–Trinajstić information content (AvgIpc) is 2.48. The third-order valence-electron chi connectivity index (χ3n) is 4.19. The lowest BCUT2D eigenvalue weighted by atomic mass is 9.82. The molecule has 3 nitrogen and oxygen atoms in total. The van der Waals surface area contributed by atoms with Crippen LogP contribution in [-0.2, 0) is 17.9 Å². The molecular formula is C16H25NO2. The van der Waals surface area contributed by atoms with Gasteiger partial charge in [0.1, 0.15) is 0 Å². The number of hydrogen-bond acceptors (Lipinski definition) is 3. The minimum Gasteiger partial charge on any atom is -0.394 e. The van der Waals surface area contributed by atoms with Crippen LogP contribution in [0.5, 0.6) is 0 Å². The van der Waals surface area contributed by atoms with E-state index in [1.165, 1.54) is 30.4 Å². The Hall–Kier alpha value is -0.900. The van der Waals surface area contributed by atoms with Gasteiger partial charge in [-0.1, -0.05) is 43.5 Å². The van der Waals surface area contributed by atoms with E-state index in [1.54, 1.807) is 7.11 Å². The largest absolute Gasteiger partial charge is 0.394 e. The minimum absolute atomic E-state index is 0.0710. The molecule has 0 saturated heterocycles. The van der Waals surface area contributed by atoms with Crippen LogP contribution in [-0.4, -0.2) is 24.4 Å². The summed E-state index contributed by atoms with van der Waals surface area (Å²) < 4.78 is 5.23. The van der Waals surface area contributed by atoms with Crippen LogP contribution in [0.25, 0.3) is 0 Å². The standard InChI is InChI=1S/C16H25NO2/c1-19-12-15-8-4-3-7-14(15)11-17-16(13-18)9-5-2-6-10-16/h3-4,7-8,17-18H,2,5-6,9-13H2,1H3. The highest BCUT2D eigenvalue weighted by atomic mass is 16.5. The van der Waals surface area contributed by atoms with Gasteiger partial charge in [-0.15, -0.1) is 0 Å². The van der Waals surface area contributed by atoms with Gasteiger partial charge in [-0.25, -0.2) is 0 Å². The summed E-state index contributed by atoms with van der Waals surface area (Å²) >= 11 is 0. The van der Waals surface area contributed by atoms with Crippen LogP contribution < -0.4 is 5.32 Å². The van der Waals surface area contributed by atoms with E-state index in [-0.39, 0.29) is 12.1 Å². The van der Waals surface area contributed by atoms with Crippen molar-refractivity contribution < 1.29 is 9.84 Å². The van der Waals surface area contributed by atoms with Gasteiger partial charge in [0.25, 0.3) is 0 Å². The Morgan fingerprint density at radius 2 is 1.84 bits per heavy atom. The molecule has 0 radical (unpaired) electrons. The number of benzene rings is 1. The van der Waals surface area contributed by atoms with Gasteiger partial charge < -0.3 is 15.2 Å². The first-order valence-corrected chi connectivity index (χ1v) is 7.21. The number of aliphatic hydroxyl groups is 1. The van der Waals surface area contributed by atoms with Crippen molar-refractivity contribution in [2.24, 2.45) is 0 Å². The SMILES string of the molecule is COCc1ccccc1CNC1(CO)CCCCC1. The van der Waals surface area contributed by atoms with Gasteiger partial charge in [-0.3, -0.25) is 0 Å². The molecule has 3 heteroatoms. The van der Waals surface area contributed by atoms with Crippen LogP contribution in [0.1, 0.15) is 43.2 Å². The number of hydrogen-bond donors (Lipinski definition) is 2. The van der Waals surface area contributed by atoms with E-state index in [0.717, 1.165) is 19.4 Å². The summed E-state index contributed by atoms with van der Waals surface area (Å²) in [6, 6.07) is 8.34. The van der Waals surface area contributed by atoms with E-state index < -0.39 is 0 Å². The van der Waals surface area contributed by atoms with Gasteiger partial charge in [0.15, 0.2) is 0 Å². The zero-order valence-electron chi connectivity index (χ0n) is 11.8. The molecule has 1 aliphatic rings. The van der Waals surface area contributed by atoms with Crippen molar-refractivity contribution in [3.63, 3.8) is 0 Å². The van der Waals surface area contributed by atoms with E-state index >= 15 is 0 Å². The van der Waals surface area contributed by atoms with Crippen molar-refractivity contribution in [2.75, 3.05) is 13.7 Å². The van der Waals surface area contributed by atoms with Crippen LogP contribution in [0.15, 0.2) is 24.3 Å². The summed E-state index contributed by atoms with van der Waals surface area (Å²) in [6.07, 6.45) is 5.89. The van der Waals surface area contributed by atoms with E-state index in [4.69, 9.17) is 4.74 Å². The summed E-state index contributed by atoms with van der Waals surface area (Å²) in [5, 5.41) is 13.3. The Morgan fingerprint density at radius 1 is 1.16 bits per heavy atom. The lowest BCUT2D eigenvalue weighted by Crippen LogP contribution is -2.49. The fourth-order valence-corrected chi connectivity index (χ4v) is 2.93. The van der Waals surface area contributed by atoms with Gasteiger partial charge in [-0.2, -0.15) is 0 Å². The zero-order valence-corrected chi connectivity index (χ0v) is 11.8. The summed E-state index contributed by atoms with van der Waals surface area (Å²) in [7, 11) is 1.72. The predicted octanol–water partition coefficient (Wildman–Crippen LogP) is 2.62. The summed E-state index contributed by atoms with van der Waals surface area (Å²) in [5.41, 5.74) is 2.42. The first-order chi connectivity index (χ1) is 9.29. The first kappa shape index (κ1) is 14.5. The van der Waals surface area contributed by atoms with Crippen molar-refractivity contribution >= 4 is 0 Å². The summed E-state index contributed by atoms with van der Waals surface area (Å²) in [6.45, 7) is 1.68. The Bertz CT molecular complexity index is 386. The highest BCUT2D eigenvalue weighted by Gasteiger charge is 2.30. The molecule has 2 rings (SSSR count). The van der Waals surface area contributed by atoms with Crippen molar-refractivity contribution in [1.82, 2.24) is 5.32 Å². The number of ether oxygens (including phenoxy) is 1. The fourth-order valence-electron chi connectivity index (χ4n) is 2.93. The topological polar surface area (TPSA) is 41.5 Å². The fraction of sp³-hybridized carbons (Fsp3) is 0.625. The van der Waals surface area contributed by atoms with Crippen molar-refractivity contribution in [2.45, 2.75) is 50.8 Å². The Balaban J connectivity index is 2.00. The third-order valence-corrected chi connectivity index (χ3v) is 4.19. The summed E-state index contributed by atoms with van der Waals surface area (Å²) in [5.74, 6) is 0. The smallest absolute Gasteiger partial charge is 0.0716 e. The van der Waals surface area contributed by atoms with Gasteiger partial charge in [0, 0.05) is 19.2 Å². The highest BCUT2D eigenvalue weighted by Crippen LogP contribution is 2.28. The van der Waals surface area contributed by atoms with Crippen molar-refractivity contribution in [1.29, 1.82) is 0 Å².